The van der Waals surface area contributed by atoms with Crippen molar-refractivity contribution in [3.05, 3.63) is 71.5 Å². The fourth-order valence-corrected chi connectivity index (χ4v) is 10.4. The van der Waals surface area contributed by atoms with Gasteiger partial charge in [0.05, 0.1) is 6.26 Å². The lowest BCUT2D eigenvalue weighted by Crippen LogP contribution is -2.25. The molecule has 0 atom stereocenters. The monoisotopic (exact) mass is 737 g/mol. The maximum absolute atomic E-state index is 14.1. The maximum Gasteiger partial charge on any atom is 0.197 e. The third kappa shape index (κ3) is 11.3. The molecule has 0 aliphatic heterocycles. The van der Waals surface area contributed by atoms with Gasteiger partial charge in [0.15, 0.2) is 34.8 Å². The molecule has 4 aliphatic carbocycles. The summed E-state index contributed by atoms with van der Waals surface area (Å²) < 4.78 is 60.2. The molecular weight excluding hydrogens is 664 g/mol. The van der Waals surface area contributed by atoms with E-state index in [0.29, 0.717) is 5.56 Å². The fourth-order valence-electron chi connectivity index (χ4n) is 10.4. The maximum atomic E-state index is 14.1. The van der Waals surface area contributed by atoms with Gasteiger partial charge in [-0.3, -0.25) is 0 Å². The highest BCUT2D eigenvalue weighted by molar-refractivity contribution is 5.34. The molecule has 4 fully saturated rings. The van der Waals surface area contributed by atoms with Crippen molar-refractivity contribution < 1.29 is 37.9 Å². The van der Waals surface area contributed by atoms with Crippen LogP contribution < -0.4 is 4.74 Å². The van der Waals surface area contributed by atoms with Crippen LogP contribution in [0.25, 0.3) is 0 Å². The first-order valence-electron chi connectivity index (χ1n) is 20.4. The van der Waals surface area contributed by atoms with Crippen molar-refractivity contribution in [2.24, 2.45) is 35.5 Å². The molecule has 52 heavy (non-hydrogen) atoms. The minimum Gasteiger partial charge on any atom is -0.503 e. The smallest absolute Gasteiger partial charge is 0.197 e. The molecule has 6 rings (SSSR count). The number of hydrogen-bond acceptors (Lipinski definition) is 3. The summed E-state index contributed by atoms with van der Waals surface area (Å²) in [7, 11) is 0. The van der Waals surface area contributed by atoms with Gasteiger partial charge in [0.1, 0.15) is 6.79 Å². The van der Waals surface area contributed by atoms with Gasteiger partial charge in [0.2, 0.25) is 0 Å². The highest BCUT2D eigenvalue weighted by Gasteiger charge is 2.33. The molecule has 2 aromatic rings. The van der Waals surface area contributed by atoms with Crippen LogP contribution in [0.2, 0.25) is 0 Å². The number of carbonyl (C=O) groups is 1. The van der Waals surface area contributed by atoms with Crippen LogP contribution in [0.1, 0.15) is 171 Å². The van der Waals surface area contributed by atoms with E-state index in [9.17, 15) is 22.7 Å². The summed E-state index contributed by atoms with van der Waals surface area (Å²) in [5.41, 5.74) is 1.49. The predicted molar refractivity (Wildman–Crippen MR) is 211 cm³/mol. The summed E-state index contributed by atoms with van der Waals surface area (Å²) in [6, 6.07) is 5.53. The number of halogens is 4. The van der Waals surface area contributed by atoms with E-state index in [1.165, 1.54) is 127 Å². The van der Waals surface area contributed by atoms with Crippen LogP contribution in [-0.4, -0.2) is 11.9 Å². The van der Waals surface area contributed by atoms with Crippen LogP contribution in [-0.2, 0) is 4.79 Å². The summed E-state index contributed by atoms with van der Waals surface area (Å²) in [5.74, 6) is 1.65. The lowest BCUT2D eigenvalue weighted by atomic mass is 9.68. The molecule has 0 bridgehead atoms. The highest BCUT2D eigenvalue weighted by atomic mass is 19.1. The van der Waals surface area contributed by atoms with Crippen LogP contribution in [0.15, 0.2) is 37.1 Å². The average molecular weight is 737 g/mol. The zero-order valence-electron chi connectivity index (χ0n) is 31.8. The Morgan fingerprint density at radius 3 is 1.21 bits per heavy atom. The number of aromatic hydroxyl groups is 1. The number of ether oxygens (including phenoxy) is 1. The van der Waals surface area contributed by atoms with Gasteiger partial charge in [-0.15, -0.1) is 0 Å². The van der Waals surface area contributed by atoms with E-state index in [-0.39, 0.29) is 23.3 Å². The molecule has 0 saturated heterocycles. The van der Waals surface area contributed by atoms with Crippen LogP contribution in [0.5, 0.6) is 11.5 Å². The summed E-state index contributed by atoms with van der Waals surface area (Å²) in [4.78, 5) is 8.00. The second-order valence-electron chi connectivity index (χ2n) is 16.3. The zero-order chi connectivity index (χ0) is 37.6. The number of rotatable bonds is 10. The van der Waals surface area contributed by atoms with Crippen LogP contribution in [0, 0.1) is 58.8 Å². The van der Waals surface area contributed by atoms with E-state index < -0.39 is 29.0 Å². The van der Waals surface area contributed by atoms with Gasteiger partial charge in [-0.2, -0.15) is 0 Å². The Morgan fingerprint density at radius 1 is 0.596 bits per heavy atom. The van der Waals surface area contributed by atoms with Gasteiger partial charge in [-0.25, -0.2) is 17.6 Å². The average Bonchev–Trinajstić information content (AvgIpc) is 3.17. The van der Waals surface area contributed by atoms with Gasteiger partial charge >= 0.3 is 0 Å². The fraction of sp³-hybridized carbons (Fsp3) is 0.667. The zero-order valence-corrected chi connectivity index (χ0v) is 31.8. The summed E-state index contributed by atoms with van der Waals surface area (Å²) in [6.07, 6.45) is 26.4. The molecule has 0 heterocycles. The molecule has 2 aromatic carbocycles. The highest BCUT2D eigenvalue weighted by Crippen LogP contribution is 2.46. The Morgan fingerprint density at radius 2 is 0.904 bits per heavy atom. The third-order valence-corrected chi connectivity index (χ3v) is 13.3. The van der Waals surface area contributed by atoms with Crippen molar-refractivity contribution in [3.8, 4) is 11.5 Å². The van der Waals surface area contributed by atoms with E-state index in [0.717, 1.165) is 73.0 Å². The van der Waals surface area contributed by atoms with Crippen molar-refractivity contribution in [1.82, 2.24) is 0 Å². The first-order chi connectivity index (χ1) is 25.2. The lowest BCUT2D eigenvalue weighted by molar-refractivity contribution is -0.0980. The predicted octanol–water partition coefficient (Wildman–Crippen LogP) is 14.7. The summed E-state index contributed by atoms with van der Waals surface area (Å²) in [5, 5.41) is 9.25. The lowest BCUT2D eigenvalue weighted by Gasteiger charge is -2.38. The van der Waals surface area contributed by atoms with Gasteiger partial charge in [0, 0.05) is 5.71 Å². The number of benzene rings is 2. The van der Waals surface area contributed by atoms with E-state index in [2.05, 4.69) is 20.4 Å². The van der Waals surface area contributed by atoms with Crippen molar-refractivity contribution in [3.63, 3.8) is 0 Å². The van der Waals surface area contributed by atoms with Crippen LogP contribution in [0.3, 0.4) is 0 Å². The van der Waals surface area contributed by atoms with Crippen LogP contribution >= 0.6 is 0 Å². The van der Waals surface area contributed by atoms with Gasteiger partial charge in [-0.1, -0.05) is 71.8 Å². The van der Waals surface area contributed by atoms with E-state index in [1.54, 1.807) is 0 Å². The quantitative estimate of drug-likeness (QED) is 0.195. The molecule has 3 nitrogen and oxygen atoms in total. The standard InChI is InChI=1S/C23H32F2O.C21H30F2O.CH2O.4H2/c1-3-5-16-6-8-17(9-7-16)18-10-12-19(13-11-18)20-14-21(24)23(26-4-2)22(25)15-20;1-2-3-14-4-6-15(7-5-14)16-8-10-17(11-9-16)18-12-19(22)21(24)20(23)13-18;1-2;;;;/h4,14-19H,2-3,5-13H2,1H3;12-17,24H,2-11H2,1H3;1H2;4*1H. The van der Waals surface area contributed by atoms with E-state index in [1.807, 2.05) is 6.79 Å². The third-order valence-electron chi connectivity index (χ3n) is 13.3. The molecule has 0 radical (unpaired) electrons. The number of carbonyl (C=O) groups excluding carboxylic acids is 1. The number of hydrogen-bond donors (Lipinski definition) is 1. The summed E-state index contributed by atoms with van der Waals surface area (Å²) in [6.45, 7) is 9.93. The second kappa shape index (κ2) is 21.2. The molecule has 7 heteroatoms. The van der Waals surface area contributed by atoms with Gasteiger partial charge < -0.3 is 14.6 Å². The first kappa shape index (κ1) is 41.9. The number of phenols is 1. The normalized spacial score (nSPS) is 29.1. The molecular formula is C45H72F4O3. The molecule has 1 N–H and O–H groups in total. The Balaban J connectivity index is 0.000000970. The van der Waals surface area contributed by atoms with Crippen LogP contribution in [0.4, 0.5) is 17.6 Å². The second-order valence-corrected chi connectivity index (χ2v) is 16.3. The Hall–Kier alpha value is -2.83. The Bertz CT molecular complexity index is 1340. The Kier molecular flexibility index (Phi) is 17.1. The molecule has 0 spiro atoms. The molecule has 0 unspecified atom stereocenters. The topological polar surface area (TPSA) is 46.5 Å². The molecule has 0 amide bonds. The Labute approximate surface area is 317 Å². The van der Waals surface area contributed by atoms with Gasteiger partial charge in [0.25, 0.3) is 0 Å². The first-order valence-corrected chi connectivity index (χ1v) is 20.4. The minimum absolute atomic E-state index is 0. The van der Waals surface area contributed by atoms with E-state index in [4.69, 9.17) is 9.53 Å². The van der Waals surface area contributed by atoms with Crippen molar-refractivity contribution in [2.45, 2.75) is 154 Å². The largest absolute Gasteiger partial charge is 0.503 e. The van der Waals surface area contributed by atoms with Gasteiger partial charge in [-0.05, 0) is 160 Å². The van der Waals surface area contributed by atoms with Crippen molar-refractivity contribution >= 4 is 6.79 Å². The SMILES string of the molecule is C=COc1c(F)cc(C2CCC(C3CCC(CCC)CC3)CC2)cc1F.C=O.CCCC1CCC(C2CCC(c3cc(F)c(O)c(F)c3)CC2)CC1.[HH].[HH].[HH].[HH]. The molecule has 4 saturated carbocycles. The van der Waals surface area contributed by atoms with E-state index >= 15 is 0 Å². The molecule has 298 valence electrons. The number of phenolic OH excluding ortho intramolecular Hbond substituents is 1. The molecule has 0 aromatic heterocycles. The minimum atomic E-state index is -0.851. The van der Waals surface area contributed by atoms with Crippen molar-refractivity contribution in [1.29, 1.82) is 0 Å². The van der Waals surface area contributed by atoms with Crippen molar-refractivity contribution in [2.75, 3.05) is 0 Å². The molecule has 4 aliphatic rings. The summed E-state index contributed by atoms with van der Waals surface area (Å²) >= 11 is 0.